The topological polar surface area (TPSA) is 27.0 Å². The molecular formula is C13H16N2S. The van der Waals surface area contributed by atoms with Gasteiger partial charge in [0, 0.05) is 19.3 Å². The second-order valence-corrected chi connectivity index (χ2v) is 4.99. The van der Waals surface area contributed by atoms with Crippen LogP contribution in [0, 0.1) is 16.7 Å². The molecule has 1 aliphatic rings. The summed E-state index contributed by atoms with van der Waals surface area (Å²) in [6.07, 6.45) is 2.58. The van der Waals surface area contributed by atoms with Crippen LogP contribution in [0.15, 0.2) is 24.3 Å². The summed E-state index contributed by atoms with van der Waals surface area (Å²) in [5.74, 6) is 0.966. The average Bonchev–Trinajstić information content (AvgIpc) is 3.09. The molecule has 0 aromatic heterocycles. The van der Waals surface area contributed by atoms with E-state index in [4.69, 9.17) is 5.26 Å². The molecule has 3 heteroatoms. The number of nitriles is 1. The Bertz CT molecular complexity index is 401. The first-order valence-electron chi connectivity index (χ1n) is 5.51. The molecule has 0 atom stereocenters. The molecule has 1 aliphatic carbocycles. The predicted molar refractivity (Wildman–Crippen MR) is 69.9 cm³/mol. The number of thiol groups is 1. The zero-order chi connectivity index (χ0) is 11.6. The van der Waals surface area contributed by atoms with Gasteiger partial charge in [0.05, 0.1) is 11.6 Å². The van der Waals surface area contributed by atoms with Crippen LogP contribution >= 0.6 is 12.6 Å². The standard InChI is InChI=1S/C13H16N2S/c1-15(9-13(10-16)6-7-13)12-4-2-11(8-14)3-5-12/h2-5,16H,6-7,9-10H2,1H3. The molecule has 84 valence electrons. The van der Waals surface area contributed by atoms with Crippen molar-refractivity contribution in [2.24, 2.45) is 5.41 Å². The van der Waals surface area contributed by atoms with Crippen LogP contribution in [0.4, 0.5) is 5.69 Å². The summed E-state index contributed by atoms with van der Waals surface area (Å²) in [7, 11) is 2.10. The first-order valence-corrected chi connectivity index (χ1v) is 6.14. The van der Waals surface area contributed by atoms with Gasteiger partial charge < -0.3 is 4.90 Å². The third kappa shape index (κ3) is 2.33. The van der Waals surface area contributed by atoms with Crippen LogP contribution in [-0.4, -0.2) is 19.3 Å². The number of hydrogen-bond acceptors (Lipinski definition) is 3. The molecule has 0 amide bonds. The predicted octanol–water partition coefficient (Wildman–Crippen LogP) is 2.70. The van der Waals surface area contributed by atoms with E-state index >= 15 is 0 Å². The molecule has 0 unspecified atom stereocenters. The van der Waals surface area contributed by atoms with Crippen LogP contribution in [-0.2, 0) is 0 Å². The van der Waals surface area contributed by atoms with Gasteiger partial charge in [-0.05, 0) is 48.3 Å². The maximum atomic E-state index is 8.73. The summed E-state index contributed by atoms with van der Waals surface area (Å²) in [6.45, 7) is 1.06. The molecule has 0 N–H and O–H groups in total. The molecule has 0 spiro atoms. The Hall–Kier alpha value is -1.14. The molecule has 0 saturated heterocycles. The summed E-state index contributed by atoms with van der Waals surface area (Å²) >= 11 is 4.41. The molecule has 0 heterocycles. The molecule has 16 heavy (non-hydrogen) atoms. The number of rotatable bonds is 4. The number of benzene rings is 1. The molecule has 1 saturated carbocycles. The molecule has 1 aromatic rings. The summed E-state index contributed by atoms with van der Waals surface area (Å²) < 4.78 is 0. The Morgan fingerprint density at radius 3 is 2.44 bits per heavy atom. The second-order valence-electron chi connectivity index (χ2n) is 4.67. The van der Waals surface area contributed by atoms with E-state index in [-0.39, 0.29) is 0 Å². The lowest BCUT2D eigenvalue weighted by Gasteiger charge is -2.24. The smallest absolute Gasteiger partial charge is 0.0991 e. The van der Waals surface area contributed by atoms with Gasteiger partial charge in [-0.1, -0.05) is 0 Å². The summed E-state index contributed by atoms with van der Waals surface area (Å²) in [5.41, 5.74) is 2.32. The normalized spacial score (nSPS) is 16.6. The molecule has 0 aliphatic heterocycles. The Labute approximate surface area is 102 Å². The molecule has 1 fully saturated rings. The summed E-state index contributed by atoms with van der Waals surface area (Å²) in [5, 5.41) is 8.73. The van der Waals surface area contributed by atoms with E-state index in [1.165, 1.54) is 18.5 Å². The maximum Gasteiger partial charge on any atom is 0.0991 e. The number of nitrogens with zero attached hydrogens (tertiary/aromatic N) is 2. The van der Waals surface area contributed by atoms with E-state index < -0.39 is 0 Å². The van der Waals surface area contributed by atoms with Crippen molar-refractivity contribution in [3.05, 3.63) is 29.8 Å². The second kappa shape index (κ2) is 4.39. The van der Waals surface area contributed by atoms with Crippen LogP contribution in [0.1, 0.15) is 18.4 Å². The van der Waals surface area contributed by atoms with Crippen molar-refractivity contribution in [1.29, 1.82) is 5.26 Å². The van der Waals surface area contributed by atoms with Crippen LogP contribution in [0.3, 0.4) is 0 Å². The number of hydrogen-bond donors (Lipinski definition) is 1. The largest absolute Gasteiger partial charge is 0.374 e. The minimum atomic E-state index is 0.436. The van der Waals surface area contributed by atoms with Crippen LogP contribution in [0.2, 0.25) is 0 Å². The highest BCUT2D eigenvalue weighted by molar-refractivity contribution is 7.80. The minimum absolute atomic E-state index is 0.436. The van der Waals surface area contributed by atoms with Gasteiger partial charge in [-0.15, -0.1) is 0 Å². The Kier molecular flexibility index (Phi) is 3.11. The Morgan fingerprint density at radius 2 is 2.00 bits per heavy atom. The van der Waals surface area contributed by atoms with Gasteiger partial charge in [-0.25, -0.2) is 0 Å². The fraction of sp³-hybridized carbons (Fsp3) is 0.462. The minimum Gasteiger partial charge on any atom is -0.374 e. The lowest BCUT2D eigenvalue weighted by molar-refractivity contribution is 0.581. The monoisotopic (exact) mass is 232 g/mol. The highest BCUT2D eigenvalue weighted by atomic mass is 32.1. The zero-order valence-electron chi connectivity index (χ0n) is 9.48. The van der Waals surface area contributed by atoms with E-state index in [1.54, 1.807) is 0 Å². The molecule has 0 radical (unpaired) electrons. The van der Waals surface area contributed by atoms with Crippen LogP contribution < -0.4 is 4.90 Å². The fourth-order valence-electron chi connectivity index (χ4n) is 1.93. The first-order chi connectivity index (χ1) is 7.69. The van der Waals surface area contributed by atoms with Gasteiger partial charge in [0.15, 0.2) is 0 Å². The van der Waals surface area contributed by atoms with E-state index in [2.05, 4.69) is 30.6 Å². The van der Waals surface area contributed by atoms with Gasteiger partial charge in [-0.2, -0.15) is 17.9 Å². The van der Waals surface area contributed by atoms with E-state index in [9.17, 15) is 0 Å². The van der Waals surface area contributed by atoms with Gasteiger partial charge in [-0.3, -0.25) is 0 Å². The van der Waals surface area contributed by atoms with Crippen molar-refractivity contribution < 1.29 is 0 Å². The first kappa shape index (κ1) is 11.3. The molecule has 0 bridgehead atoms. The van der Waals surface area contributed by atoms with Crippen molar-refractivity contribution >= 4 is 18.3 Å². The van der Waals surface area contributed by atoms with Crippen LogP contribution in [0.25, 0.3) is 0 Å². The molecular weight excluding hydrogens is 216 g/mol. The third-order valence-corrected chi connectivity index (χ3v) is 3.97. The number of anilines is 1. The summed E-state index contributed by atoms with van der Waals surface area (Å²) in [6, 6.07) is 9.88. The Morgan fingerprint density at radius 1 is 1.38 bits per heavy atom. The maximum absolute atomic E-state index is 8.73. The molecule has 1 aromatic carbocycles. The quantitative estimate of drug-likeness (QED) is 0.808. The van der Waals surface area contributed by atoms with Crippen molar-refractivity contribution in [3.63, 3.8) is 0 Å². The van der Waals surface area contributed by atoms with Gasteiger partial charge in [0.2, 0.25) is 0 Å². The zero-order valence-corrected chi connectivity index (χ0v) is 10.4. The Balaban J connectivity index is 2.03. The van der Waals surface area contributed by atoms with Crippen molar-refractivity contribution in [3.8, 4) is 6.07 Å². The van der Waals surface area contributed by atoms with Crippen molar-refractivity contribution in [2.75, 3.05) is 24.2 Å². The van der Waals surface area contributed by atoms with Gasteiger partial charge in [0.25, 0.3) is 0 Å². The van der Waals surface area contributed by atoms with E-state index in [0.717, 1.165) is 12.3 Å². The highest BCUT2D eigenvalue weighted by Crippen LogP contribution is 2.47. The molecule has 2 nitrogen and oxygen atoms in total. The van der Waals surface area contributed by atoms with Crippen LogP contribution in [0.5, 0.6) is 0 Å². The molecule has 2 rings (SSSR count). The average molecular weight is 232 g/mol. The lowest BCUT2D eigenvalue weighted by atomic mass is 10.1. The van der Waals surface area contributed by atoms with Gasteiger partial charge in [0.1, 0.15) is 0 Å². The van der Waals surface area contributed by atoms with E-state index in [1.807, 2.05) is 24.3 Å². The van der Waals surface area contributed by atoms with Crippen molar-refractivity contribution in [2.45, 2.75) is 12.8 Å². The van der Waals surface area contributed by atoms with Gasteiger partial charge >= 0.3 is 0 Å². The fourth-order valence-corrected chi connectivity index (χ4v) is 2.34. The third-order valence-electron chi connectivity index (χ3n) is 3.30. The SMILES string of the molecule is CN(CC1(CS)CC1)c1ccc(C#N)cc1. The lowest BCUT2D eigenvalue weighted by Crippen LogP contribution is -2.27. The van der Waals surface area contributed by atoms with Crippen molar-refractivity contribution in [1.82, 2.24) is 0 Å². The summed E-state index contributed by atoms with van der Waals surface area (Å²) in [4.78, 5) is 2.25. The highest BCUT2D eigenvalue weighted by Gasteiger charge is 2.42. The van der Waals surface area contributed by atoms with E-state index in [0.29, 0.717) is 11.0 Å².